The van der Waals surface area contributed by atoms with Crippen molar-refractivity contribution < 1.29 is 19.1 Å². The quantitative estimate of drug-likeness (QED) is 0.389. The van der Waals surface area contributed by atoms with Gasteiger partial charge in [-0.15, -0.1) is 0 Å². The second-order valence-electron chi connectivity index (χ2n) is 11.6. The van der Waals surface area contributed by atoms with Crippen molar-refractivity contribution in [1.82, 2.24) is 0 Å². The van der Waals surface area contributed by atoms with Gasteiger partial charge in [-0.05, 0) is 81.0 Å². The Balaban J connectivity index is 1.06. The summed E-state index contributed by atoms with van der Waals surface area (Å²) in [6.45, 7) is 3.18. The van der Waals surface area contributed by atoms with Gasteiger partial charge < -0.3 is 9.47 Å². The highest BCUT2D eigenvalue weighted by Gasteiger charge is 2.36. The van der Waals surface area contributed by atoms with Crippen LogP contribution in [0.3, 0.4) is 0 Å². The first kappa shape index (κ1) is 24.1. The Morgan fingerprint density at radius 1 is 0.625 bits per heavy atom. The van der Waals surface area contributed by atoms with Crippen molar-refractivity contribution in [2.75, 3.05) is 13.2 Å². The van der Waals surface area contributed by atoms with Crippen molar-refractivity contribution in [3.63, 3.8) is 0 Å². The molecule has 0 saturated heterocycles. The Kier molecular flexibility index (Phi) is 8.94. The molecule has 0 aromatic heterocycles. The number of ether oxygens (including phenoxy) is 2. The van der Waals surface area contributed by atoms with Crippen LogP contribution >= 0.6 is 0 Å². The van der Waals surface area contributed by atoms with Crippen molar-refractivity contribution in [1.29, 1.82) is 0 Å². The molecule has 4 fully saturated rings. The average molecular weight is 447 g/mol. The highest BCUT2D eigenvalue weighted by molar-refractivity contribution is 5.73. The fourth-order valence-corrected chi connectivity index (χ4v) is 7.28. The van der Waals surface area contributed by atoms with Crippen molar-refractivity contribution >= 4 is 11.9 Å². The average Bonchev–Trinajstić information content (AvgIpc) is 2.83. The minimum Gasteiger partial charge on any atom is -0.465 e. The minimum atomic E-state index is 0.0333. The third kappa shape index (κ3) is 6.50. The summed E-state index contributed by atoms with van der Waals surface area (Å²) in [6.07, 6.45) is 19.1. The van der Waals surface area contributed by atoms with Gasteiger partial charge >= 0.3 is 11.9 Å². The van der Waals surface area contributed by atoms with Crippen molar-refractivity contribution in [3.8, 4) is 0 Å². The molecular weight excluding hydrogens is 400 g/mol. The molecule has 4 heteroatoms. The minimum absolute atomic E-state index is 0.0333. The fraction of sp³-hybridized carbons (Fsp3) is 0.929. The van der Waals surface area contributed by atoms with E-state index in [-0.39, 0.29) is 23.8 Å². The van der Waals surface area contributed by atoms with Crippen LogP contribution in [0.2, 0.25) is 0 Å². The summed E-state index contributed by atoms with van der Waals surface area (Å²) in [5.74, 6) is 3.99. The van der Waals surface area contributed by atoms with Gasteiger partial charge in [0.15, 0.2) is 0 Å². The maximum absolute atomic E-state index is 12.5. The van der Waals surface area contributed by atoms with Crippen LogP contribution in [0.25, 0.3) is 0 Å². The standard InChI is InChI=1S/C28H46O4/c1-20(14-16-31-27(29)25-12-10-21-6-2-4-8-23(21)18-25)15-17-32-28(30)26-13-11-22-7-3-5-9-24(22)19-26/h20-26H,2-19H2,1H3. The Bertz CT molecular complexity index is 565. The van der Waals surface area contributed by atoms with Crippen LogP contribution in [0.4, 0.5) is 0 Å². The van der Waals surface area contributed by atoms with Gasteiger partial charge in [-0.25, -0.2) is 0 Å². The van der Waals surface area contributed by atoms with E-state index in [9.17, 15) is 9.59 Å². The third-order valence-corrected chi connectivity index (χ3v) is 9.46. The smallest absolute Gasteiger partial charge is 0.308 e. The van der Waals surface area contributed by atoms with E-state index in [0.29, 0.717) is 19.1 Å². The molecule has 0 aromatic rings. The Morgan fingerprint density at radius 3 is 1.47 bits per heavy atom. The first-order chi connectivity index (χ1) is 15.6. The lowest BCUT2D eigenvalue weighted by atomic mass is 9.67. The van der Waals surface area contributed by atoms with Gasteiger partial charge in [-0.1, -0.05) is 58.3 Å². The predicted octanol–water partition coefficient (Wildman–Crippen LogP) is 6.70. The zero-order valence-electron chi connectivity index (χ0n) is 20.4. The van der Waals surface area contributed by atoms with Gasteiger partial charge in [0.05, 0.1) is 25.0 Å². The summed E-state index contributed by atoms with van der Waals surface area (Å²) in [4.78, 5) is 25.1. The molecule has 4 rings (SSSR count). The normalized spacial score (nSPS) is 35.8. The summed E-state index contributed by atoms with van der Waals surface area (Å²) < 4.78 is 11.3. The van der Waals surface area contributed by atoms with Gasteiger partial charge in [0, 0.05) is 0 Å². The lowest BCUT2D eigenvalue weighted by molar-refractivity contribution is -0.151. The molecule has 0 radical (unpaired) electrons. The summed E-state index contributed by atoms with van der Waals surface area (Å²) in [6, 6.07) is 0. The highest BCUT2D eigenvalue weighted by Crippen LogP contribution is 2.44. The van der Waals surface area contributed by atoms with Gasteiger partial charge in [0.2, 0.25) is 0 Å². The molecule has 4 saturated carbocycles. The number of carbonyl (C=O) groups excluding carboxylic acids is 2. The van der Waals surface area contributed by atoms with E-state index in [1.165, 1.54) is 64.2 Å². The molecule has 0 bridgehead atoms. The molecule has 6 atom stereocenters. The van der Waals surface area contributed by atoms with Crippen LogP contribution in [0.15, 0.2) is 0 Å². The van der Waals surface area contributed by atoms with Crippen LogP contribution < -0.4 is 0 Å². The first-order valence-corrected chi connectivity index (χ1v) is 13.9. The summed E-state index contributed by atoms with van der Waals surface area (Å²) in [5.41, 5.74) is 0. The van der Waals surface area contributed by atoms with Crippen LogP contribution in [-0.4, -0.2) is 25.2 Å². The Labute approximate surface area is 195 Å². The SMILES string of the molecule is CC(CCOC(=O)C1CCC2CCCCC2C1)CCOC(=O)C1CCC2CCCCC2C1. The van der Waals surface area contributed by atoms with Crippen molar-refractivity contribution in [3.05, 3.63) is 0 Å². The predicted molar refractivity (Wildman–Crippen MR) is 126 cm³/mol. The zero-order valence-corrected chi connectivity index (χ0v) is 20.4. The van der Waals surface area contributed by atoms with Crippen LogP contribution in [0.5, 0.6) is 0 Å². The van der Waals surface area contributed by atoms with E-state index in [1.54, 1.807) is 0 Å². The number of esters is 2. The first-order valence-electron chi connectivity index (χ1n) is 13.9. The monoisotopic (exact) mass is 446 g/mol. The van der Waals surface area contributed by atoms with Crippen LogP contribution in [0.1, 0.15) is 110 Å². The van der Waals surface area contributed by atoms with Gasteiger partial charge in [0.1, 0.15) is 0 Å². The number of hydrogen-bond acceptors (Lipinski definition) is 4. The molecule has 4 nitrogen and oxygen atoms in total. The Morgan fingerprint density at radius 2 is 1.03 bits per heavy atom. The van der Waals surface area contributed by atoms with E-state index in [0.717, 1.165) is 62.2 Å². The summed E-state index contributed by atoms with van der Waals surface area (Å²) in [5, 5.41) is 0. The van der Waals surface area contributed by atoms with E-state index < -0.39 is 0 Å². The van der Waals surface area contributed by atoms with E-state index >= 15 is 0 Å². The number of rotatable bonds is 8. The molecule has 0 amide bonds. The topological polar surface area (TPSA) is 52.6 Å². The van der Waals surface area contributed by atoms with Crippen molar-refractivity contribution in [2.45, 2.75) is 110 Å². The van der Waals surface area contributed by atoms with E-state index in [1.807, 2.05) is 0 Å². The maximum atomic E-state index is 12.5. The molecule has 0 spiro atoms. The number of fused-ring (bicyclic) bond motifs is 2. The van der Waals surface area contributed by atoms with E-state index in [2.05, 4.69) is 6.92 Å². The van der Waals surface area contributed by atoms with Gasteiger partial charge in [-0.3, -0.25) is 9.59 Å². The molecule has 0 aromatic carbocycles. The molecular formula is C28H46O4. The maximum Gasteiger partial charge on any atom is 0.308 e. The third-order valence-electron chi connectivity index (χ3n) is 9.46. The molecule has 0 N–H and O–H groups in total. The molecule has 6 unspecified atom stereocenters. The van der Waals surface area contributed by atoms with E-state index in [4.69, 9.17) is 9.47 Å². The second-order valence-corrected chi connectivity index (χ2v) is 11.6. The van der Waals surface area contributed by atoms with Gasteiger partial charge in [0.25, 0.3) is 0 Å². The molecule has 32 heavy (non-hydrogen) atoms. The largest absolute Gasteiger partial charge is 0.465 e. The number of hydrogen-bond donors (Lipinski definition) is 0. The van der Waals surface area contributed by atoms with Crippen molar-refractivity contribution in [2.24, 2.45) is 41.4 Å². The summed E-state index contributed by atoms with van der Waals surface area (Å²) >= 11 is 0. The lowest BCUT2D eigenvalue weighted by Crippen LogP contribution is -2.32. The highest BCUT2D eigenvalue weighted by atomic mass is 16.5. The zero-order chi connectivity index (χ0) is 22.3. The molecule has 4 aliphatic carbocycles. The summed E-state index contributed by atoms with van der Waals surface area (Å²) in [7, 11) is 0. The molecule has 0 aliphatic heterocycles. The second kappa shape index (κ2) is 11.9. The van der Waals surface area contributed by atoms with Crippen LogP contribution in [0, 0.1) is 41.4 Å². The molecule has 4 aliphatic rings. The lowest BCUT2D eigenvalue weighted by Gasteiger charge is -2.38. The van der Waals surface area contributed by atoms with Crippen LogP contribution in [-0.2, 0) is 19.1 Å². The fourth-order valence-electron chi connectivity index (χ4n) is 7.28. The molecule has 182 valence electrons. The van der Waals surface area contributed by atoms with Gasteiger partial charge in [-0.2, -0.15) is 0 Å². The number of carbonyl (C=O) groups is 2. The Hall–Kier alpha value is -1.06. The molecule has 0 heterocycles.